The molecule has 0 aromatic heterocycles. The maximum Gasteiger partial charge on any atom is 0.265 e. The number of aliphatic hydroxyl groups excluding tert-OH is 1. The second kappa shape index (κ2) is 6.04. The Labute approximate surface area is 115 Å². The lowest BCUT2D eigenvalue weighted by Gasteiger charge is -2.29. The summed E-state index contributed by atoms with van der Waals surface area (Å²) in [6.45, 7) is 0.367. The van der Waals surface area contributed by atoms with Crippen molar-refractivity contribution in [3.05, 3.63) is 23.8 Å². The Balaban J connectivity index is 2.35. The SMILES string of the molecule is O=C(CCl)c1ccc2c(c1)N(CCCO)C(=O)CO2. The number of hydrogen-bond donors (Lipinski definition) is 1. The van der Waals surface area contributed by atoms with Gasteiger partial charge in [-0.2, -0.15) is 0 Å². The summed E-state index contributed by atoms with van der Waals surface area (Å²) in [5.74, 6) is 0.0641. The first-order valence-electron chi connectivity index (χ1n) is 5.94. The summed E-state index contributed by atoms with van der Waals surface area (Å²) in [6, 6.07) is 4.89. The van der Waals surface area contributed by atoms with Crippen LogP contribution >= 0.6 is 11.6 Å². The minimum Gasteiger partial charge on any atom is -0.482 e. The van der Waals surface area contributed by atoms with Gasteiger partial charge in [0.05, 0.1) is 11.6 Å². The molecule has 102 valence electrons. The number of anilines is 1. The molecular weight excluding hydrogens is 270 g/mol. The summed E-state index contributed by atoms with van der Waals surface area (Å²) in [5, 5.41) is 8.87. The molecule has 0 atom stereocenters. The van der Waals surface area contributed by atoms with Crippen LogP contribution in [0.15, 0.2) is 18.2 Å². The fourth-order valence-corrected chi connectivity index (χ4v) is 2.08. The Morgan fingerprint density at radius 1 is 1.47 bits per heavy atom. The predicted molar refractivity (Wildman–Crippen MR) is 71.0 cm³/mol. The van der Waals surface area contributed by atoms with Crippen LogP contribution in [-0.4, -0.2) is 42.4 Å². The van der Waals surface area contributed by atoms with Gasteiger partial charge in [0.15, 0.2) is 12.4 Å². The minimum absolute atomic E-state index is 0.000270. The highest BCUT2D eigenvalue weighted by atomic mass is 35.5. The maximum atomic E-state index is 11.8. The third-order valence-corrected chi connectivity index (χ3v) is 3.13. The molecule has 0 aliphatic carbocycles. The van der Waals surface area contributed by atoms with Crippen LogP contribution in [0.25, 0.3) is 0 Å². The van der Waals surface area contributed by atoms with E-state index < -0.39 is 0 Å². The van der Waals surface area contributed by atoms with Crippen LogP contribution in [0.4, 0.5) is 5.69 Å². The van der Waals surface area contributed by atoms with Gasteiger partial charge in [0.1, 0.15) is 5.75 Å². The topological polar surface area (TPSA) is 66.8 Å². The van der Waals surface area contributed by atoms with E-state index in [0.717, 1.165) is 0 Å². The van der Waals surface area contributed by atoms with Gasteiger partial charge in [0, 0.05) is 18.7 Å². The van der Waals surface area contributed by atoms with Crippen molar-refractivity contribution in [2.75, 3.05) is 30.5 Å². The standard InChI is InChI=1S/C13H14ClNO4/c14-7-11(17)9-2-3-12-10(6-9)15(4-1-5-16)13(18)8-19-12/h2-3,6,16H,1,4-5,7-8H2. The van der Waals surface area contributed by atoms with Gasteiger partial charge in [-0.05, 0) is 24.6 Å². The molecule has 1 heterocycles. The van der Waals surface area contributed by atoms with Crippen molar-refractivity contribution >= 4 is 29.0 Å². The van der Waals surface area contributed by atoms with Crippen molar-refractivity contribution in [2.24, 2.45) is 0 Å². The number of nitrogens with zero attached hydrogens (tertiary/aromatic N) is 1. The zero-order chi connectivity index (χ0) is 13.8. The molecule has 0 unspecified atom stereocenters. The van der Waals surface area contributed by atoms with Gasteiger partial charge in [0.25, 0.3) is 5.91 Å². The molecular formula is C13H14ClNO4. The fourth-order valence-electron chi connectivity index (χ4n) is 1.93. The molecule has 6 heteroatoms. The number of aliphatic hydroxyl groups is 1. The largest absolute Gasteiger partial charge is 0.482 e. The number of benzene rings is 1. The monoisotopic (exact) mass is 283 g/mol. The van der Waals surface area contributed by atoms with Gasteiger partial charge in [0.2, 0.25) is 0 Å². The number of alkyl halides is 1. The lowest BCUT2D eigenvalue weighted by Crippen LogP contribution is -2.39. The van der Waals surface area contributed by atoms with Crippen molar-refractivity contribution in [1.29, 1.82) is 0 Å². The molecule has 1 aliphatic rings. The second-order valence-electron chi connectivity index (χ2n) is 4.15. The Morgan fingerprint density at radius 2 is 2.26 bits per heavy atom. The first-order chi connectivity index (χ1) is 9.17. The molecule has 1 aliphatic heterocycles. The van der Waals surface area contributed by atoms with Gasteiger partial charge in [-0.1, -0.05) is 0 Å². The van der Waals surface area contributed by atoms with Crippen LogP contribution < -0.4 is 9.64 Å². The number of hydrogen-bond acceptors (Lipinski definition) is 4. The van der Waals surface area contributed by atoms with Gasteiger partial charge in [-0.3, -0.25) is 9.59 Å². The quantitative estimate of drug-likeness (QED) is 0.652. The minimum atomic E-state index is -0.204. The molecule has 0 saturated carbocycles. The number of halogens is 1. The number of carbonyl (C=O) groups is 2. The smallest absolute Gasteiger partial charge is 0.265 e. The Bertz CT molecular complexity index is 503. The lowest BCUT2D eigenvalue weighted by molar-refractivity contribution is -0.121. The van der Waals surface area contributed by atoms with E-state index >= 15 is 0 Å². The Hall–Kier alpha value is -1.59. The van der Waals surface area contributed by atoms with E-state index in [9.17, 15) is 9.59 Å². The highest BCUT2D eigenvalue weighted by Crippen LogP contribution is 2.33. The molecule has 1 amide bonds. The predicted octanol–water partition coefficient (Wildman–Crippen LogP) is 1.22. The first kappa shape index (κ1) is 13.8. The van der Waals surface area contributed by atoms with E-state index in [2.05, 4.69) is 0 Å². The van der Waals surface area contributed by atoms with Gasteiger partial charge in [-0.25, -0.2) is 0 Å². The summed E-state index contributed by atoms with van der Waals surface area (Å²) < 4.78 is 5.32. The first-order valence-corrected chi connectivity index (χ1v) is 6.48. The van der Waals surface area contributed by atoms with Crippen molar-refractivity contribution in [1.82, 2.24) is 0 Å². The van der Waals surface area contributed by atoms with E-state index in [4.69, 9.17) is 21.4 Å². The summed E-state index contributed by atoms with van der Waals surface area (Å²) in [7, 11) is 0. The zero-order valence-corrected chi connectivity index (χ0v) is 11.0. The normalized spacial score (nSPS) is 14.0. The number of ether oxygens (including phenoxy) is 1. The molecule has 0 saturated heterocycles. The van der Waals surface area contributed by atoms with E-state index in [0.29, 0.717) is 30.0 Å². The van der Waals surface area contributed by atoms with Crippen molar-refractivity contribution in [3.63, 3.8) is 0 Å². The van der Waals surface area contributed by atoms with Gasteiger partial charge < -0.3 is 14.7 Å². The molecule has 0 radical (unpaired) electrons. The molecule has 19 heavy (non-hydrogen) atoms. The lowest BCUT2D eigenvalue weighted by atomic mass is 10.1. The van der Waals surface area contributed by atoms with Gasteiger partial charge in [-0.15, -0.1) is 11.6 Å². The van der Waals surface area contributed by atoms with E-state index in [1.165, 1.54) is 4.90 Å². The van der Waals surface area contributed by atoms with E-state index in [1.807, 2.05) is 0 Å². The fraction of sp³-hybridized carbons (Fsp3) is 0.385. The molecule has 5 nitrogen and oxygen atoms in total. The van der Waals surface area contributed by atoms with E-state index in [-0.39, 0.29) is 30.8 Å². The van der Waals surface area contributed by atoms with Crippen LogP contribution in [0, 0.1) is 0 Å². The number of ketones is 1. The van der Waals surface area contributed by atoms with Crippen LogP contribution in [0.5, 0.6) is 5.75 Å². The Morgan fingerprint density at radius 3 is 2.95 bits per heavy atom. The number of Topliss-reactive ketones (excluding diaryl/α,β-unsaturated/α-hetero) is 1. The summed E-state index contributed by atoms with van der Waals surface area (Å²) in [6.07, 6.45) is 0.471. The number of rotatable bonds is 5. The van der Waals surface area contributed by atoms with Crippen molar-refractivity contribution < 1.29 is 19.4 Å². The number of fused-ring (bicyclic) bond motifs is 1. The van der Waals surface area contributed by atoms with Crippen LogP contribution in [-0.2, 0) is 4.79 Å². The van der Waals surface area contributed by atoms with Crippen LogP contribution in [0.3, 0.4) is 0 Å². The highest BCUT2D eigenvalue weighted by Gasteiger charge is 2.25. The molecule has 1 N–H and O–H groups in total. The average molecular weight is 284 g/mol. The van der Waals surface area contributed by atoms with Crippen molar-refractivity contribution in [2.45, 2.75) is 6.42 Å². The maximum absolute atomic E-state index is 11.8. The molecule has 0 spiro atoms. The van der Waals surface area contributed by atoms with E-state index in [1.54, 1.807) is 18.2 Å². The third-order valence-electron chi connectivity index (χ3n) is 2.89. The molecule has 1 aromatic carbocycles. The van der Waals surface area contributed by atoms with Crippen molar-refractivity contribution in [3.8, 4) is 5.75 Å². The molecule has 0 bridgehead atoms. The number of amides is 1. The number of carbonyl (C=O) groups excluding carboxylic acids is 2. The average Bonchev–Trinajstić information content (AvgIpc) is 2.45. The molecule has 0 fully saturated rings. The molecule has 1 aromatic rings. The van der Waals surface area contributed by atoms with Gasteiger partial charge >= 0.3 is 0 Å². The summed E-state index contributed by atoms with van der Waals surface area (Å²) in [4.78, 5) is 24.9. The second-order valence-corrected chi connectivity index (χ2v) is 4.42. The highest BCUT2D eigenvalue weighted by molar-refractivity contribution is 6.30. The van der Waals surface area contributed by atoms with Crippen LogP contribution in [0.2, 0.25) is 0 Å². The zero-order valence-electron chi connectivity index (χ0n) is 10.3. The molecule has 2 rings (SSSR count). The Kier molecular flexibility index (Phi) is 4.39. The summed E-state index contributed by atoms with van der Waals surface area (Å²) >= 11 is 5.52. The summed E-state index contributed by atoms with van der Waals surface area (Å²) in [5.41, 5.74) is 1.00. The van der Waals surface area contributed by atoms with Crippen LogP contribution in [0.1, 0.15) is 16.8 Å². The third kappa shape index (κ3) is 2.88.